The zero-order valence-electron chi connectivity index (χ0n) is 13.1. The Hall–Kier alpha value is -1.90. The fourth-order valence-corrected chi connectivity index (χ4v) is 2.54. The zero-order valence-corrected chi connectivity index (χ0v) is 13.1. The maximum atomic E-state index is 12.5. The predicted octanol–water partition coefficient (Wildman–Crippen LogP) is 4.16. The van der Waals surface area contributed by atoms with Crippen molar-refractivity contribution in [3.8, 4) is 0 Å². The molecular formula is C18H24N2O. The van der Waals surface area contributed by atoms with Crippen LogP contribution >= 0.6 is 0 Å². The van der Waals surface area contributed by atoms with E-state index in [4.69, 9.17) is 0 Å². The molecule has 0 saturated heterocycles. The van der Waals surface area contributed by atoms with Gasteiger partial charge in [0.25, 0.3) is 0 Å². The zero-order chi connectivity index (χ0) is 15.2. The normalized spacial score (nSPS) is 13.9. The van der Waals surface area contributed by atoms with Crippen molar-refractivity contribution in [2.24, 2.45) is 0 Å². The van der Waals surface area contributed by atoms with E-state index in [2.05, 4.69) is 25.9 Å². The van der Waals surface area contributed by atoms with Crippen LogP contribution in [0.2, 0.25) is 0 Å². The topological polar surface area (TPSA) is 34.9 Å². The van der Waals surface area contributed by atoms with Gasteiger partial charge in [-0.15, -0.1) is 0 Å². The van der Waals surface area contributed by atoms with Crippen molar-refractivity contribution in [2.45, 2.75) is 52.0 Å². The van der Waals surface area contributed by atoms with Crippen LogP contribution in [0.1, 0.15) is 56.8 Å². The molecule has 0 N–H and O–H groups in total. The summed E-state index contributed by atoms with van der Waals surface area (Å²) in [5.41, 5.74) is 1.97. The van der Waals surface area contributed by atoms with Crippen molar-refractivity contribution in [3.05, 3.63) is 53.9 Å². The lowest BCUT2D eigenvalue weighted by atomic mass is 9.90. The van der Waals surface area contributed by atoms with Crippen molar-refractivity contribution in [1.29, 1.82) is 0 Å². The van der Waals surface area contributed by atoms with Crippen LogP contribution in [0.25, 0.3) is 0 Å². The van der Waals surface area contributed by atoms with Gasteiger partial charge in [0.1, 0.15) is 5.78 Å². The molecule has 0 fully saturated rings. The maximum absolute atomic E-state index is 12.5. The molecule has 0 aliphatic carbocycles. The van der Waals surface area contributed by atoms with Crippen molar-refractivity contribution >= 4 is 5.78 Å². The number of nitrogens with zero attached hydrogens (tertiary/aromatic N) is 2. The second-order valence-electron chi connectivity index (χ2n) is 5.56. The minimum absolute atomic E-state index is 0.0278. The molecule has 1 aromatic carbocycles. The summed E-state index contributed by atoms with van der Waals surface area (Å²) in [4.78, 5) is 12.5. The highest BCUT2D eigenvalue weighted by atomic mass is 16.1. The molecule has 0 spiro atoms. The Bertz CT molecular complexity index is 574. The summed E-state index contributed by atoms with van der Waals surface area (Å²) in [6, 6.07) is 12.4. The molecule has 1 heterocycles. The van der Waals surface area contributed by atoms with Gasteiger partial charge in [0, 0.05) is 18.2 Å². The van der Waals surface area contributed by atoms with Gasteiger partial charge in [0.05, 0.1) is 12.1 Å². The van der Waals surface area contributed by atoms with E-state index in [0.29, 0.717) is 12.5 Å². The van der Waals surface area contributed by atoms with E-state index in [1.165, 1.54) is 0 Å². The molecule has 1 aromatic heterocycles. The van der Waals surface area contributed by atoms with Crippen LogP contribution in [0, 0.1) is 0 Å². The molecule has 0 saturated carbocycles. The lowest BCUT2D eigenvalue weighted by Crippen LogP contribution is -2.15. The van der Waals surface area contributed by atoms with Crippen LogP contribution in [-0.2, 0) is 11.2 Å². The molecule has 112 valence electrons. The Morgan fingerprint density at radius 1 is 1.14 bits per heavy atom. The number of carbonyl (C=O) groups is 1. The first-order valence-electron chi connectivity index (χ1n) is 7.77. The highest BCUT2D eigenvalue weighted by Crippen LogP contribution is 2.22. The van der Waals surface area contributed by atoms with Crippen molar-refractivity contribution in [3.63, 3.8) is 0 Å². The first kappa shape index (κ1) is 15.5. The smallest absolute Gasteiger partial charge is 0.146 e. The lowest BCUT2D eigenvalue weighted by molar-refractivity contribution is -0.120. The largest absolute Gasteiger partial charge is 0.299 e. The average molecular weight is 284 g/mol. The molecule has 21 heavy (non-hydrogen) atoms. The van der Waals surface area contributed by atoms with Crippen LogP contribution in [0.3, 0.4) is 0 Å². The summed E-state index contributed by atoms with van der Waals surface area (Å²) in [7, 11) is 0. The highest BCUT2D eigenvalue weighted by Gasteiger charge is 2.19. The van der Waals surface area contributed by atoms with Gasteiger partial charge in [-0.3, -0.25) is 9.48 Å². The van der Waals surface area contributed by atoms with Crippen LogP contribution in [0.15, 0.2) is 42.6 Å². The van der Waals surface area contributed by atoms with Crippen molar-refractivity contribution in [1.82, 2.24) is 9.78 Å². The van der Waals surface area contributed by atoms with Crippen LogP contribution in [-0.4, -0.2) is 15.6 Å². The molecular weight excluding hydrogens is 260 g/mol. The van der Waals surface area contributed by atoms with Gasteiger partial charge < -0.3 is 0 Å². The minimum Gasteiger partial charge on any atom is -0.299 e. The second kappa shape index (κ2) is 7.21. The summed E-state index contributed by atoms with van der Waals surface area (Å²) >= 11 is 0. The summed E-state index contributed by atoms with van der Waals surface area (Å²) in [6.07, 6.45) is 4.25. The van der Waals surface area contributed by atoms with E-state index < -0.39 is 0 Å². The quantitative estimate of drug-likeness (QED) is 0.765. The molecule has 2 atom stereocenters. The van der Waals surface area contributed by atoms with E-state index in [9.17, 15) is 4.79 Å². The summed E-state index contributed by atoms with van der Waals surface area (Å²) in [6.45, 7) is 6.34. The third-order valence-electron chi connectivity index (χ3n) is 4.06. The third-order valence-corrected chi connectivity index (χ3v) is 4.06. The first-order valence-corrected chi connectivity index (χ1v) is 7.77. The number of hydrogen-bond donors (Lipinski definition) is 0. The molecule has 2 unspecified atom stereocenters. The maximum Gasteiger partial charge on any atom is 0.146 e. The van der Waals surface area contributed by atoms with Crippen molar-refractivity contribution in [2.75, 3.05) is 0 Å². The van der Waals surface area contributed by atoms with Gasteiger partial charge in [-0.25, -0.2) is 0 Å². The van der Waals surface area contributed by atoms with Gasteiger partial charge in [0.15, 0.2) is 0 Å². The Morgan fingerprint density at radius 2 is 1.86 bits per heavy atom. The van der Waals surface area contributed by atoms with Crippen LogP contribution < -0.4 is 0 Å². The van der Waals surface area contributed by atoms with Gasteiger partial charge in [0.2, 0.25) is 0 Å². The van der Waals surface area contributed by atoms with Gasteiger partial charge in [-0.2, -0.15) is 5.10 Å². The number of benzene rings is 1. The Kier molecular flexibility index (Phi) is 5.32. The highest BCUT2D eigenvalue weighted by molar-refractivity contribution is 5.87. The molecule has 0 aliphatic rings. The number of rotatable bonds is 7. The van der Waals surface area contributed by atoms with Crippen molar-refractivity contribution < 1.29 is 4.79 Å². The Labute approximate surface area is 127 Å². The first-order chi connectivity index (χ1) is 10.2. The summed E-state index contributed by atoms with van der Waals surface area (Å²) in [5.74, 6) is 0.220. The van der Waals surface area contributed by atoms with E-state index in [1.807, 2.05) is 47.3 Å². The SMILES string of the molecule is CCC(C(=O)Cc1ccn(C(C)CC)n1)c1ccccc1. The average Bonchev–Trinajstić information content (AvgIpc) is 2.96. The number of carbonyl (C=O) groups excluding carboxylic acids is 1. The monoisotopic (exact) mass is 284 g/mol. The second-order valence-corrected chi connectivity index (χ2v) is 5.56. The fourth-order valence-electron chi connectivity index (χ4n) is 2.54. The van der Waals surface area contributed by atoms with Gasteiger partial charge in [-0.05, 0) is 31.4 Å². The van der Waals surface area contributed by atoms with Gasteiger partial charge >= 0.3 is 0 Å². The van der Waals surface area contributed by atoms with Crippen LogP contribution in [0.4, 0.5) is 0 Å². The molecule has 3 heteroatoms. The van der Waals surface area contributed by atoms with E-state index in [0.717, 1.165) is 24.1 Å². The predicted molar refractivity (Wildman–Crippen MR) is 85.4 cm³/mol. The summed E-state index contributed by atoms with van der Waals surface area (Å²) in [5, 5.41) is 4.53. The van der Waals surface area contributed by atoms with E-state index in [1.54, 1.807) is 0 Å². The minimum atomic E-state index is -0.0278. The standard InChI is InChI=1S/C18H24N2O/c1-4-14(3)20-12-11-16(19-20)13-18(21)17(5-2)15-9-7-6-8-10-15/h6-12,14,17H,4-5,13H2,1-3H3. The van der Waals surface area contributed by atoms with E-state index >= 15 is 0 Å². The molecule has 0 aliphatic heterocycles. The molecule has 3 nitrogen and oxygen atoms in total. The number of ketones is 1. The van der Waals surface area contributed by atoms with Gasteiger partial charge in [-0.1, -0.05) is 44.2 Å². The molecule has 2 rings (SSSR count). The Balaban J connectivity index is 2.08. The molecule has 0 radical (unpaired) electrons. The summed E-state index contributed by atoms with van der Waals surface area (Å²) < 4.78 is 1.95. The lowest BCUT2D eigenvalue weighted by Gasteiger charge is -2.13. The van der Waals surface area contributed by atoms with E-state index in [-0.39, 0.29) is 11.7 Å². The van der Waals surface area contributed by atoms with Crippen LogP contribution in [0.5, 0.6) is 0 Å². The molecule has 0 bridgehead atoms. The molecule has 2 aromatic rings. The Morgan fingerprint density at radius 3 is 2.48 bits per heavy atom. The number of aromatic nitrogens is 2. The third kappa shape index (κ3) is 3.81. The molecule has 0 amide bonds. The number of Topliss-reactive ketones (excluding diaryl/α,β-unsaturated/α-hetero) is 1. The fraction of sp³-hybridized carbons (Fsp3) is 0.444. The number of hydrogen-bond acceptors (Lipinski definition) is 2.